The first-order valence-corrected chi connectivity index (χ1v) is 11.0. The van der Waals surface area contributed by atoms with Crippen molar-refractivity contribution in [2.24, 2.45) is 4.99 Å². The lowest BCUT2D eigenvalue weighted by atomic mass is 9.95. The van der Waals surface area contributed by atoms with Crippen molar-refractivity contribution in [1.29, 1.82) is 0 Å². The maximum atomic E-state index is 6.63. The predicted molar refractivity (Wildman–Crippen MR) is 136 cm³/mol. The van der Waals surface area contributed by atoms with Gasteiger partial charge in [0, 0.05) is 21.7 Å². The molecule has 5 nitrogen and oxygen atoms in total. The Bertz CT molecular complexity index is 1390. The predicted octanol–water partition coefficient (Wildman–Crippen LogP) is 6.93. The fourth-order valence-electron chi connectivity index (χ4n) is 4.13. The summed E-state index contributed by atoms with van der Waals surface area (Å²) in [5.41, 5.74) is 7.07. The van der Waals surface area contributed by atoms with E-state index in [4.69, 9.17) is 21.3 Å². The number of fused-ring (bicyclic) bond motifs is 2. The number of hydrogen-bond acceptors (Lipinski definition) is 4. The molecule has 0 amide bonds. The summed E-state index contributed by atoms with van der Waals surface area (Å²) >= 11 is 6.63. The number of rotatable bonds is 5. The molecule has 0 atom stereocenters. The van der Waals surface area contributed by atoms with Gasteiger partial charge in [-0.05, 0) is 30.7 Å². The molecule has 3 aromatic carbocycles. The van der Waals surface area contributed by atoms with Gasteiger partial charge in [0.25, 0.3) is 0 Å². The van der Waals surface area contributed by atoms with Gasteiger partial charge in [0.2, 0.25) is 0 Å². The van der Waals surface area contributed by atoms with Crippen LogP contribution in [0.4, 0.5) is 17.2 Å². The average molecular weight is 455 g/mol. The second kappa shape index (κ2) is 8.60. The summed E-state index contributed by atoms with van der Waals surface area (Å²) in [6.45, 7) is 6.40. The van der Waals surface area contributed by atoms with Crippen molar-refractivity contribution >= 4 is 34.5 Å². The van der Waals surface area contributed by atoms with Crippen LogP contribution in [0, 0.1) is 6.92 Å². The molecule has 1 aliphatic rings. The van der Waals surface area contributed by atoms with Crippen LogP contribution in [0.5, 0.6) is 5.75 Å². The van der Waals surface area contributed by atoms with Crippen molar-refractivity contribution in [3.8, 4) is 16.9 Å². The second-order valence-electron chi connectivity index (χ2n) is 7.78. The van der Waals surface area contributed by atoms with Crippen LogP contribution in [0.15, 0.2) is 84.4 Å². The van der Waals surface area contributed by atoms with Gasteiger partial charge in [0.05, 0.1) is 30.7 Å². The third-order valence-electron chi connectivity index (χ3n) is 5.68. The molecule has 2 heterocycles. The summed E-state index contributed by atoms with van der Waals surface area (Å²) in [5.74, 6) is 1.58. The van der Waals surface area contributed by atoms with Crippen molar-refractivity contribution in [2.45, 2.75) is 13.5 Å². The van der Waals surface area contributed by atoms with Crippen LogP contribution in [0.1, 0.15) is 16.8 Å². The summed E-state index contributed by atoms with van der Waals surface area (Å²) < 4.78 is 7.70. The summed E-state index contributed by atoms with van der Waals surface area (Å²) in [5, 5.41) is 8.91. The molecule has 1 aliphatic heterocycles. The van der Waals surface area contributed by atoms with Gasteiger partial charge in [-0.25, -0.2) is 9.67 Å². The van der Waals surface area contributed by atoms with Crippen LogP contribution in [0.2, 0.25) is 5.02 Å². The van der Waals surface area contributed by atoms with Crippen LogP contribution in [-0.2, 0) is 6.54 Å². The Balaban J connectivity index is 1.82. The van der Waals surface area contributed by atoms with Crippen LogP contribution in [0.25, 0.3) is 11.1 Å². The molecule has 0 saturated carbocycles. The minimum absolute atomic E-state index is 0.567. The van der Waals surface area contributed by atoms with Gasteiger partial charge in [-0.1, -0.05) is 66.2 Å². The zero-order chi connectivity index (χ0) is 22.9. The smallest absolute Gasteiger partial charge is 0.155 e. The Labute approximate surface area is 198 Å². The Kier molecular flexibility index (Phi) is 5.48. The summed E-state index contributed by atoms with van der Waals surface area (Å²) in [4.78, 5) is 5.09. The van der Waals surface area contributed by atoms with E-state index in [1.54, 1.807) is 7.11 Å². The van der Waals surface area contributed by atoms with Crippen molar-refractivity contribution < 1.29 is 4.74 Å². The van der Waals surface area contributed by atoms with Gasteiger partial charge < -0.3 is 10.1 Å². The summed E-state index contributed by atoms with van der Waals surface area (Å²) in [6, 6.07) is 22.1. The molecule has 0 radical (unpaired) electrons. The molecule has 1 aromatic heterocycles. The fourth-order valence-corrected chi connectivity index (χ4v) is 4.36. The van der Waals surface area contributed by atoms with Gasteiger partial charge in [-0.15, -0.1) is 6.58 Å². The number of methoxy groups -OCH3 is 1. The number of aryl methyl sites for hydroxylation is 1. The van der Waals surface area contributed by atoms with Gasteiger partial charge in [0.15, 0.2) is 5.82 Å². The molecular formula is C27H23ClN4O. The highest BCUT2D eigenvalue weighted by Gasteiger charge is 2.26. The Morgan fingerprint density at radius 3 is 2.52 bits per heavy atom. The van der Waals surface area contributed by atoms with E-state index in [9.17, 15) is 0 Å². The largest absolute Gasteiger partial charge is 0.496 e. The van der Waals surface area contributed by atoms with Gasteiger partial charge in [0.1, 0.15) is 11.4 Å². The highest BCUT2D eigenvalue weighted by Crippen LogP contribution is 2.43. The third-order valence-corrected chi connectivity index (χ3v) is 6.01. The lowest BCUT2D eigenvalue weighted by Gasteiger charge is -2.17. The number of nitrogens with zero attached hydrogens (tertiary/aromatic N) is 3. The van der Waals surface area contributed by atoms with Crippen molar-refractivity contribution in [3.63, 3.8) is 0 Å². The minimum atomic E-state index is 0.567. The zero-order valence-electron chi connectivity index (χ0n) is 18.5. The molecule has 0 spiro atoms. The fraction of sp³-hybridized carbons (Fsp3) is 0.111. The Morgan fingerprint density at radius 1 is 1.03 bits per heavy atom. The van der Waals surface area contributed by atoms with E-state index in [-0.39, 0.29) is 0 Å². The number of aliphatic imine (C=N–C) groups is 1. The average Bonchev–Trinajstić information content (AvgIpc) is 3.01. The standard InChI is InChI=1S/C27H23ClN4O/c1-4-14-32-27-25(17(2)31-32)30-26(19-12-8-9-13-22(19)28)21-16-24(33-3)20(15-23(21)29-27)18-10-6-5-7-11-18/h4-13,15-16,29H,1,14H2,2-3H3. The van der Waals surface area contributed by atoms with Crippen LogP contribution >= 0.6 is 11.6 Å². The monoisotopic (exact) mass is 454 g/mol. The maximum absolute atomic E-state index is 6.63. The molecule has 0 bridgehead atoms. The first kappa shape index (κ1) is 21.0. The van der Waals surface area contributed by atoms with Crippen molar-refractivity contribution in [2.75, 3.05) is 12.4 Å². The molecular weight excluding hydrogens is 432 g/mol. The molecule has 33 heavy (non-hydrogen) atoms. The lowest BCUT2D eigenvalue weighted by Crippen LogP contribution is -2.09. The molecule has 6 heteroatoms. The number of nitrogens with one attached hydrogen (secondary N) is 1. The highest BCUT2D eigenvalue weighted by atomic mass is 35.5. The van der Waals surface area contributed by atoms with E-state index in [0.717, 1.165) is 56.6 Å². The minimum Gasteiger partial charge on any atom is -0.496 e. The van der Waals surface area contributed by atoms with Crippen molar-refractivity contribution in [1.82, 2.24) is 9.78 Å². The molecule has 0 fully saturated rings. The number of hydrogen-bond donors (Lipinski definition) is 1. The zero-order valence-corrected chi connectivity index (χ0v) is 19.2. The van der Waals surface area contributed by atoms with E-state index in [2.05, 4.69) is 35.2 Å². The van der Waals surface area contributed by atoms with Crippen LogP contribution in [-0.4, -0.2) is 22.6 Å². The number of halogens is 1. The lowest BCUT2D eigenvalue weighted by molar-refractivity contribution is 0.416. The van der Waals surface area contributed by atoms with Gasteiger partial charge in [-0.2, -0.15) is 5.10 Å². The van der Waals surface area contributed by atoms with E-state index in [0.29, 0.717) is 11.6 Å². The van der Waals surface area contributed by atoms with E-state index in [1.165, 1.54) is 0 Å². The highest BCUT2D eigenvalue weighted by molar-refractivity contribution is 6.36. The van der Waals surface area contributed by atoms with Crippen LogP contribution in [0.3, 0.4) is 0 Å². The number of allylic oxidation sites excluding steroid dienone is 1. The third kappa shape index (κ3) is 3.70. The molecule has 164 valence electrons. The normalized spacial score (nSPS) is 12.2. The number of aromatic nitrogens is 2. The first-order valence-electron chi connectivity index (χ1n) is 10.7. The van der Waals surface area contributed by atoms with Crippen molar-refractivity contribution in [3.05, 3.63) is 101 Å². The van der Waals surface area contributed by atoms with Crippen LogP contribution < -0.4 is 10.1 Å². The number of ether oxygens (including phenoxy) is 1. The first-order chi connectivity index (χ1) is 16.1. The molecule has 0 unspecified atom stereocenters. The quantitative estimate of drug-likeness (QED) is 0.293. The summed E-state index contributed by atoms with van der Waals surface area (Å²) in [6.07, 6.45) is 1.82. The Morgan fingerprint density at radius 2 is 1.79 bits per heavy atom. The molecule has 4 aromatic rings. The molecule has 1 N–H and O–H groups in total. The maximum Gasteiger partial charge on any atom is 0.155 e. The van der Waals surface area contributed by atoms with E-state index in [1.807, 2.05) is 66.2 Å². The molecule has 0 aliphatic carbocycles. The molecule has 0 saturated heterocycles. The topological polar surface area (TPSA) is 51.4 Å². The number of benzene rings is 3. The Hall–Kier alpha value is -3.83. The molecule has 5 rings (SSSR count). The van der Waals surface area contributed by atoms with E-state index < -0.39 is 0 Å². The second-order valence-corrected chi connectivity index (χ2v) is 8.19. The van der Waals surface area contributed by atoms with Gasteiger partial charge in [-0.3, -0.25) is 0 Å². The van der Waals surface area contributed by atoms with Gasteiger partial charge >= 0.3 is 0 Å². The summed E-state index contributed by atoms with van der Waals surface area (Å²) in [7, 11) is 1.69. The van der Waals surface area contributed by atoms with E-state index >= 15 is 0 Å². The number of anilines is 2. The SMILES string of the molecule is C=CCn1nc(C)c2c1Nc1cc(-c3ccccc3)c(OC)cc1C(c1ccccc1Cl)=N2.